The molecule has 3 heteroatoms. The molecule has 1 heterocycles. The monoisotopic (exact) mass is 227 g/mol. The van der Waals surface area contributed by atoms with E-state index < -0.39 is 0 Å². The summed E-state index contributed by atoms with van der Waals surface area (Å²) in [5.74, 6) is 0. The summed E-state index contributed by atoms with van der Waals surface area (Å²) < 4.78 is 0. The summed E-state index contributed by atoms with van der Waals surface area (Å²) in [6.07, 6.45) is 8.31. The van der Waals surface area contributed by atoms with Crippen LogP contribution in [0.2, 0.25) is 5.02 Å². The largest absolute Gasteiger partial charge is 0.306 e. The first-order valence-electron chi connectivity index (χ1n) is 4.98. The fraction of sp³-hybridized carbons (Fsp3) is 0.455. The molecule has 0 fully saturated rings. The Morgan fingerprint density at radius 1 is 1.57 bits per heavy atom. The van der Waals surface area contributed by atoms with E-state index in [1.807, 2.05) is 11.4 Å². The third-order valence-electron chi connectivity index (χ3n) is 2.47. The van der Waals surface area contributed by atoms with Crippen molar-refractivity contribution in [3.8, 4) is 0 Å². The lowest BCUT2D eigenvalue weighted by Crippen LogP contribution is -2.27. The smallest absolute Gasteiger partial charge is 0.0558 e. The zero-order chi connectivity index (χ0) is 9.80. The fourth-order valence-electron chi connectivity index (χ4n) is 1.66. The number of hydrogen-bond donors (Lipinski definition) is 1. The van der Waals surface area contributed by atoms with Gasteiger partial charge in [0.2, 0.25) is 0 Å². The van der Waals surface area contributed by atoms with Crippen molar-refractivity contribution in [3.63, 3.8) is 0 Å². The standard InChI is InChI=1S/C11H14ClNS/c12-10-6-7-14-11(10)8-13-9-4-2-1-3-5-9/h2,4,6-7,9,13H,1,3,5,8H2. The lowest BCUT2D eigenvalue weighted by atomic mass is 10.0. The van der Waals surface area contributed by atoms with Crippen LogP contribution in [0.3, 0.4) is 0 Å². The highest BCUT2D eigenvalue weighted by molar-refractivity contribution is 7.10. The van der Waals surface area contributed by atoms with Crippen molar-refractivity contribution in [2.45, 2.75) is 31.8 Å². The molecule has 0 radical (unpaired) electrons. The van der Waals surface area contributed by atoms with Crippen LogP contribution in [0.25, 0.3) is 0 Å². The Morgan fingerprint density at radius 3 is 3.14 bits per heavy atom. The molecule has 1 aliphatic rings. The second kappa shape index (κ2) is 4.96. The molecule has 0 saturated heterocycles. The lowest BCUT2D eigenvalue weighted by Gasteiger charge is -2.17. The van der Waals surface area contributed by atoms with Crippen LogP contribution in [0.15, 0.2) is 23.6 Å². The summed E-state index contributed by atoms with van der Waals surface area (Å²) in [4.78, 5) is 1.24. The Labute approximate surface area is 93.8 Å². The molecule has 76 valence electrons. The van der Waals surface area contributed by atoms with Gasteiger partial charge in [0.1, 0.15) is 0 Å². The van der Waals surface area contributed by atoms with Crippen molar-refractivity contribution in [2.75, 3.05) is 0 Å². The Balaban J connectivity index is 1.85. The predicted octanol–water partition coefficient (Wildman–Crippen LogP) is 3.60. The van der Waals surface area contributed by atoms with Gasteiger partial charge in [0.25, 0.3) is 0 Å². The van der Waals surface area contributed by atoms with Crippen LogP contribution >= 0.6 is 22.9 Å². The van der Waals surface area contributed by atoms with E-state index in [4.69, 9.17) is 11.6 Å². The number of halogens is 1. The molecule has 0 aliphatic heterocycles. The lowest BCUT2D eigenvalue weighted by molar-refractivity contribution is 0.525. The number of rotatable bonds is 3. The van der Waals surface area contributed by atoms with Gasteiger partial charge in [-0.1, -0.05) is 23.8 Å². The molecule has 14 heavy (non-hydrogen) atoms. The number of hydrogen-bond acceptors (Lipinski definition) is 2. The van der Waals surface area contributed by atoms with Gasteiger partial charge in [-0.05, 0) is 30.7 Å². The normalized spacial score (nSPS) is 21.4. The molecule has 0 saturated carbocycles. The summed E-state index contributed by atoms with van der Waals surface area (Å²) in [7, 11) is 0. The zero-order valence-electron chi connectivity index (χ0n) is 8.00. The van der Waals surface area contributed by atoms with Gasteiger partial charge in [-0.3, -0.25) is 0 Å². The molecule has 0 amide bonds. The average molecular weight is 228 g/mol. The van der Waals surface area contributed by atoms with Crippen LogP contribution in [0.4, 0.5) is 0 Å². The van der Waals surface area contributed by atoms with Crippen LogP contribution in [-0.4, -0.2) is 6.04 Å². The van der Waals surface area contributed by atoms with Crippen molar-refractivity contribution in [1.82, 2.24) is 5.32 Å². The first-order valence-corrected chi connectivity index (χ1v) is 6.24. The third-order valence-corrected chi connectivity index (χ3v) is 3.86. The topological polar surface area (TPSA) is 12.0 Å². The van der Waals surface area contributed by atoms with Gasteiger partial charge in [0.15, 0.2) is 0 Å². The summed E-state index contributed by atoms with van der Waals surface area (Å²) >= 11 is 7.73. The molecule has 0 spiro atoms. The van der Waals surface area contributed by atoms with Gasteiger partial charge in [-0.15, -0.1) is 11.3 Å². The molecule has 2 rings (SSSR count). The highest BCUT2D eigenvalue weighted by Gasteiger charge is 2.08. The molecule has 1 unspecified atom stereocenters. The molecular formula is C11H14ClNS. The highest BCUT2D eigenvalue weighted by atomic mass is 35.5. The van der Waals surface area contributed by atoms with Crippen molar-refractivity contribution in [1.29, 1.82) is 0 Å². The van der Waals surface area contributed by atoms with E-state index in [-0.39, 0.29) is 0 Å². The molecule has 1 atom stereocenters. The van der Waals surface area contributed by atoms with Crippen LogP contribution in [0.5, 0.6) is 0 Å². The Kier molecular flexibility index (Phi) is 3.62. The van der Waals surface area contributed by atoms with Crippen molar-refractivity contribution >= 4 is 22.9 Å². The molecule has 0 aromatic carbocycles. The molecule has 1 aliphatic carbocycles. The fourth-order valence-corrected chi connectivity index (χ4v) is 2.71. The second-order valence-electron chi connectivity index (χ2n) is 3.54. The van der Waals surface area contributed by atoms with E-state index in [9.17, 15) is 0 Å². The van der Waals surface area contributed by atoms with Gasteiger partial charge >= 0.3 is 0 Å². The van der Waals surface area contributed by atoms with Crippen LogP contribution in [-0.2, 0) is 6.54 Å². The van der Waals surface area contributed by atoms with E-state index in [0.29, 0.717) is 6.04 Å². The highest BCUT2D eigenvalue weighted by Crippen LogP contribution is 2.22. The van der Waals surface area contributed by atoms with Gasteiger partial charge in [0, 0.05) is 17.5 Å². The molecule has 1 N–H and O–H groups in total. The maximum Gasteiger partial charge on any atom is 0.0558 e. The van der Waals surface area contributed by atoms with E-state index in [2.05, 4.69) is 17.5 Å². The Morgan fingerprint density at radius 2 is 2.50 bits per heavy atom. The van der Waals surface area contributed by atoms with Crippen molar-refractivity contribution < 1.29 is 0 Å². The Bertz CT molecular complexity index is 319. The SMILES string of the molecule is Clc1ccsc1CNC1C=CCCC1. The zero-order valence-corrected chi connectivity index (χ0v) is 9.57. The quantitative estimate of drug-likeness (QED) is 0.779. The number of thiophene rings is 1. The van der Waals surface area contributed by atoms with Crippen molar-refractivity contribution in [3.05, 3.63) is 33.5 Å². The van der Waals surface area contributed by atoms with E-state index in [0.717, 1.165) is 11.6 Å². The molecular weight excluding hydrogens is 214 g/mol. The van der Waals surface area contributed by atoms with E-state index in [1.165, 1.54) is 24.1 Å². The molecule has 0 bridgehead atoms. The maximum absolute atomic E-state index is 6.01. The number of nitrogens with one attached hydrogen (secondary N) is 1. The molecule has 1 aromatic heterocycles. The second-order valence-corrected chi connectivity index (χ2v) is 4.95. The maximum atomic E-state index is 6.01. The first-order chi connectivity index (χ1) is 6.86. The van der Waals surface area contributed by atoms with Gasteiger partial charge in [-0.25, -0.2) is 0 Å². The third kappa shape index (κ3) is 2.59. The summed E-state index contributed by atoms with van der Waals surface area (Å²) in [6, 6.07) is 2.50. The average Bonchev–Trinajstić information content (AvgIpc) is 2.63. The van der Waals surface area contributed by atoms with Crippen molar-refractivity contribution in [2.24, 2.45) is 0 Å². The van der Waals surface area contributed by atoms with Crippen LogP contribution in [0, 0.1) is 0 Å². The van der Waals surface area contributed by atoms with E-state index in [1.54, 1.807) is 11.3 Å². The van der Waals surface area contributed by atoms with Gasteiger partial charge < -0.3 is 5.32 Å². The minimum atomic E-state index is 0.543. The molecule has 1 nitrogen and oxygen atoms in total. The minimum absolute atomic E-state index is 0.543. The predicted molar refractivity (Wildman–Crippen MR) is 62.9 cm³/mol. The summed E-state index contributed by atoms with van der Waals surface area (Å²) in [6.45, 7) is 0.894. The molecule has 1 aromatic rings. The minimum Gasteiger partial charge on any atom is -0.306 e. The van der Waals surface area contributed by atoms with E-state index >= 15 is 0 Å². The first kappa shape index (κ1) is 10.2. The number of allylic oxidation sites excluding steroid dienone is 1. The Hall–Kier alpha value is -0.310. The van der Waals surface area contributed by atoms with Gasteiger partial charge in [-0.2, -0.15) is 0 Å². The van der Waals surface area contributed by atoms with Crippen LogP contribution in [0.1, 0.15) is 24.1 Å². The van der Waals surface area contributed by atoms with Crippen LogP contribution < -0.4 is 5.32 Å². The summed E-state index contributed by atoms with van der Waals surface area (Å²) in [5, 5.41) is 6.43. The summed E-state index contributed by atoms with van der Waals surface area (Å²) in [5.41, 5.74) is 0. The van der Waals surface area contributed by atoms with Gasteiger partial charge in [0.05, 0.1) is 5.02 Å².